The predicted molar refractivity (Wildman–Crippen MR) is 44.2 cm³/mol. The summed E-state index contributed by atoms with van der Waals surface area (Å²) in [6, 6.07) is 0. The van der Waals surface area contributed by atoms with Crippen molar-refractivity contribution in [3.8, 4) is 0 Å². The predicted octanol–water partition coefficient (Wildman–Crippen LogP) is 1.65. The lowest BCUT2D eigenvalue weighted by molar-refractivity contribution is -0.0370. The van der Waals surface area contributed by atoms with Crippen molar-refractivity contribution < 1.29 is 5.11 Å². The van der Waals surface area contributed by atoms with Crippen molar-refractivity contribution in [1.82, 2.24) is 0 Å². The second-order valence-electron chi connectivity index (χ2n) is 3.67. The molecule has 1 nitrogen and oxygen atoms in total. The highest BCUT2D eigenvalue weighted by molar-refractivity contribution is 7.99. The van der Waals surface area contributed by atoms with Crippen LogP contribution < -0.4 is 0 Å². The van der Waals surface area contributed by atoms with Crippen LogP contribution in [0.4, 0.5) is 0 Å². The minimum Gasteiger partial charge on any atom is -0.393 e. The summed E-state index contributed by atoms with van der Waals surface area (Å²) in [6.07, 6.45) is 4.94. The van der Waals surface area contributed by atoms with Gasteiger partial charge in [-0.3, -0.25) is 0 Å². The highest BCUT2D eigenvalue weighted by Gasteiger charge is 2.43. The second kappa shape index (κ2) is 2.42. The molecule has 0 unspecified atom stereocenters. The van der Waals surface area contributed by atoms with Gasteiger partial charge in [0.1, 0.15) is 0 Å². The average Bonchev–Trinajstić information content (AvgIpc) is 1.87. The van der Waals surface area contributed by atoms with Crippen LogP contribution in [0.2, 0.25) is 0 Å². The molecule has 1 saturated carbocycles. The number of aliphatic hydroxyl groups is 1. The molecule has 1 spiro atoms. The molecule has 0 aromatic carbocycles. The molecule has 1 saturated heterocycles. The van der Waals surface area contributed by atoms with Crippen LogP contribution in [-0.2, 0) is 0 Å². The Bertz CT molecular complexity index is 114. The molecule has 58 valence electrons. The third-order valence-corrected chi connectivity index (χ3v) is 3.88. The Hall–Kier alpha value is 0.310. The molecule has 1 aliphatic carbocycles. The summed E-state index contributed by atoms with van der Waals surface area (Å²) in [5, 5.41) is 9.16. The molecule has 0 aromatic rings. The number of hydrogen-bond donors (Lipinski definition) is 1. The van der Waals surface area contributed by atoms with Crippen molar-refractivity contribution in [3.05, 3.63) is 0 Å². The monoisotopic (exact) mass is 158 g/mol. The van der Waals surface area contributed by atoms with E-state index in [9.17, 15) is 0 Å². The lowest BCUT2D eigenvalue weighted by Gasteiger charge is -2.47. The van der Waals surface area contributed by atoms with Crippen LogP contribution in [0.1, 0.15) is 25.7 Å². The lowest BCUT2D eigenvalue weighted by atomic mass is 9.63. The summed E-state index contributed by atoms with van der Waals surface area (Å²) in [5.41, 5.74) is 0.602. The van der Waals surface area contributed by atoms with Gasteiger partial charge in [-0.1, -0.05) is 0 Å². The quantitative estimate of drug-likeness (QED) is 0.578. The van der Waals surface area contributed by atoms with Gasteiger partial charge in [0.05, 0.1) is 6.10 Å². The molecule has 2 rings (SSSR count). The van der Waals surface area contributed by atoms with Crippen LogP contribution in [-0.4, -0.2) is 22.7 Å². The second-order valence-corrected chi connectivity index (χ2v) is 4.90. The Kier molecular flexibility index (Phi) is 1.69. The van der Waals surface area contributed by atoms with Crippen LogP contribution in [0.15, 0.2) is 0 Å². The number of aliphatic hydroxyl groups excluding tert-OH is 1. The fraction of sp³-hybridized carbons (Fsp3) is 1.00. The van der Waals surface area contributed by atoms with E-state index in [0.29, 0.717) is 5.41 Å². The van der Waals surface area contributed by atoms with Gasteiger partial charge in [-0.05, 0) is 42.6 Å². The molecular formula is C8H14OS. The van der Waals surface area contributed by atoms with E-state index >= 15 is 0 Å². The van der Waals surface area contributed by atoms with Crippen molar-refractivity contribution >= 4 is 11.8 Å². The third-order valence-electron chi connectivity index (χ3n) is 2.89. The molecule has 2 heteroatoms. The molecular weight excluding hydrogens is 144 g/mol. The van der Waals surface area contributed by atoms with Crippen LogP contribution >= 0.6 is 11.8 Å². The molecule has 0 amide bonds. The van der Waals surface area contributed by atoms with Gasteiger partial charge in [-0.25, -0.2) is 0 Å². The average molecular weight is 158 g/mol. The highest BCUT2D eigenvalue weighted by atomic mass is 32.2. The summed E-state index contributed by atoms with van der Waals surface area (Å²) < 4.78 is 0. The Morgan fingerprint density at radius 1 is 1.20 bits per heavy atom. The molecule has 1 heterocycles. The van der Waals surface area contributed by atoms with Gasteiger partial charge in [-0.2, -0.15) is 11.8 Å². The maximum atomic E-state index is 9.16. The number of rotatable bonds is 0. The van der Waals surface area contributed by atoms with Crippen molar-refractivity contribution in [3.63, 3.8) is 0 Å². The zero-order valence-electron chi connectivity index (χ0n) is 6.18. The van der Waals surface area contributed by atoms with Gasteiger partial charge < -0.3 is 5.11 Å². The molecule has 2 aliphatic rings. The number of thioether (sulfide) groups is 1. The summed E-state index contributed by atoms with van der Waals surface area (Å²) in [5.74, 6) is 2.65. The van der Waals surface area contributed by atoms with Crippen molar-refractivity contribution in [2.45, 2.75) is 31.8 Å². The van der Waals surface area contributed by atoms with Crippen molar-refractivity contribution in [1.29, 1.82) is 0 Å². The summed E-state index contributed by atoms with van der Waals surface area (Å²) >= 11 is 2.07. The first-order chi connectivity index (χ1) is 4.81. The Morgan fingerprint density at radius 3 is 2.30 bits per heavy atom. The zero-order chi connectivity index (χ0) is 7.03. The van der Waals surface area contributed by atoms with Gasteiger partial charge in [0.25, 0.3) is 0 Å². The molecule has 0 atom stereocenters. The van der Waals surface area contributed by atoms with E-state index in [4.69, 9.17) is 5.11 Å². The Morgan fingerprint density at radius 2 is 1.80 bits per heavy atom. The van der Waals surface area contributed by atoms with Gasteiger partial charge in [0.15, 0.2) is 0 Å². The number of hydrogen-bond acceptors (Lipinski definition) is 2. The lowest BCUT2D eigenvalue weighted by Crippen LogP contribution is -2.43. The van der Waals surface area contributed by atoms with E-state index < -0.39 is 0 Å². The zero-order valence-corrected chi connectivity index (χ0v) is 6.99. The Balaban J connectivity index is 1.90. The Labute approximate surface area is 66.2 Å². The fourth-order valence-electron chi connectivity index (χ4n) is 2.15. The summed E-state index contributed by atoms with van der Waals surface area (Å²) in [6.45, 7) is 0. The SMILES string of the molecule is OC1CC2(CCSCC2)C1. The first-order valence-corrected chi connectivity index (χ1v) is 5.22. The topological polar surface area (TPSA) is 20.2 Å². The van der Waals surface area contributed by atoms with E-state index in [2.05, 4.69) is 11.8 Å². The summed E-state index contributed by atoms with van der Waals surface area (Å²) in [7, 11) is 0. The van der Waals surface area contributed by atoms with Crippen LogP contribution in [0, 0.1) is 5.41 Å². The minimum absolute atomic E-state index is 0.0445. The van der Waals surface area contributed by atoms with Gasteiger partial charge in [0, 0.05) is 0 Å². The van der Waals surface area contributed by atoms with Crippen LogP contribution in [0.3, 0.4) is 0 Å². The maximum absolute atomic E-state index is 9.16. The first-order valence-electron chi connectivity index (χ1n) is 4.07. The van der Waals surface area contributed by atoms with Crippen LogP contribution in [0.5, 0.6) is 0 Å². The van der Waals surface area contributed by atoms with Gasteiger partial charge >= 0.3 is 0 Å². The smallest absolute Gasteiger partial charge is 0.0550 e. The molecule has 1 N–H and O–H groups in total. The van der Waals surface area contributed by atoms with E-state index in [1.165, 1.54) is 24.3 Å². The van der Waals surface area contributed by atoms with Crippen molar-refractivity contribution in [2.75, 3.05) is 11.5 Å². The van der Waals surface area contributed by atoms with E-state index in [0.717, 1.165) is 12.8 Å². The standard InChI is InChI=1S/C8H14OS/c9-7-5-8(6-7)1-3-10-4-2-8/h7,9H,1-6H2. The van der Waals surface area contributed by atoms with Gasteiger partial charge in [-0.15, -0.1) is 0 Å². The van der Waals surface area contributed by atoms with E-state index in [1.54, 1.807) is 0 Å². The molecule has 1 aliphatic heterocycles. The molecule has 0 aromatic heterocycles. The minimum atomic E-state index is 0.0445. The van der Waals surface area contributed by atoms with Crippen molar-refractivity contribution in [2.24, 2.45) is 5.41 Å². The fourth-order valence-corrected chi connectivity index (χ4v) is 3.51. The third kappa shape index (κ3) is 1.08. The first kappa shape index (κ1) is 6.99. The van der Waals surface area contributed by atoms with E-state index in [1.807, 2.05) is 0 Å². The molecule has 0 radical (unpaired) electrons. The van der Waals surface area contributed by atoms with Crippen LogP contribution in [0.25, 0.3) is 0 Å². The van der Waals surface area contributed by atoms with Gasteiger partial charge in [0.2, 0.25) is 0 Å². The molecule has 0 bridgehead atoms. The molecule has 10 heavy (non-hydrogen) atoms. The largest absolute Gasteiger partial charge is 0.393 e. The maximum Gasteiger partial charge on any atom is 0.0550 e. The highest BCUT2D eigenvalue weighted by Crippen LogP contribution is 2.50. The summed E-state index contributed by atoms with van der Waals surface area (Å²) in [4.78, 5) is 0. The normalized spacial score (nSPS) is 32.1. The molecule has 2 fully saturated rings. The van der Waals surface area contributed by atoms with E-state index in [-0.39, 0.29) is 6.10 Å².